The molecule has 0 atom stereocenters. The van der Waals surface area contributed by atoms with Crippen molar-refractivity contribution >= 4 is 105 Å². The lowest BCUT2D eigenvalue weighted by Crippen LogP contribution is -2.74. The van der Waals surface area contributed by atoms with Crippen LogP contribution in [-0.4, -0.2) is 17.2 Å². The van der Waals surface area contributed by atoms with E-state index in [1.165, 1.54) is 119 Å². The SMILES string of the molecule is c1ccc(-n2c3ccccc3c3cc(-c4ccc5c(c4)c4ccccc4n5-c4cccc5c6ccccc6c6ccc([Si](c7ccccc7)(c7ccccc7)c7ccccc7)cc6c45)ccc32)cc1. The average Bonchev–Trinajstić information content (AvgIpc) is 3.94. The quantitative estimate of drug-likeness (QED) is 0.0857. The average molecular weight is 893 g/mol. The second-order valence-electron chi connectivity index (χ2n) is 18.4. The highest BCUT2D eigenvalue weighted by molar-refractivity contribution is 7.20. The Balaban J connectivity index is 1.03. The zero-order valence-corrected chi connectivity index (χ0v) is 38.8. The molecule has 14 rings (SSSR count). The molecule has 0 unspecified atom stereocenters. The molecule has 0 amide bonds. The Kier molecular flexibility index (Phi) is 8.95. The van der Waals surface area contributed by atoms with Crippen LogP contribution < -0.4 is 20.7 Å². The minimum Gasteiger partial charge on any atom is -0.309 e. The minimum atomic E-state index is -2.84. The zero-order valence-electron chi connectivity index (χ0n) is 37.8. The minimum absolute atomic E-state index is 1.17. The van der Waals surface area contributed by atoms with Crippen LogP contribution in [0.15, 0.2) is 267 Å². The predicted octanol–water partition coefficient (Wildman–Crippen LogP) is 14.4. The summed E-state index contributed by atoms with van der Waals surface area (Å²) in [6, 6.07) is 99.7. The second-order valence-corrected chi connectivity index (χ2v) is 22.2. The highest BCUT2D eigenvalue weighted by Gasteiger charge is 2.41. The Bertz CT molecular complexity index is 4190. The van der Waals surface area contributed by atoms with Crippen molar-refractivity contribution in [3.8, 4) is 22.5 Å². The fourth-order valence-corrected chi connectivity index (χ4v) is 16.7. The molecule has 0 radical (unpaired) electrons. The predicted molar refractivity (Wildman–Crippen MR) is 297 cm³/mol. The summed E-state index contributed by atoms with van der Waals surface area (Å²) in [7, 11) is -2.84. The third-order valence-electron chi connectivity index (χ3n) is 14.8. The monoisotopic (exact) mass is 892 g/mol. The Morgan fingerprint density at radius 2 is 0.652 bits per heavy atom. The van der Waals surface area contributed by atoms with Crippen molar-refractivity contribution in [3.05, 3.63) is 267 Å². The normalized spacial score (nSPS) is 12.1. The summed E-state index contributed by atoms with van der Waals surface area (Å²) in [5.74, 6) is 0. The number of para-hydroxylation sites is 3. The number of fused-ring (bicyclic) bond motifs is 12. The van der Waals surface area contributed by atoms with Crippen LogP contribution in [0.2, 0.25) is 0 Å². The molecule has 2 nitrogen and oxygen atoms in total. The van der Waals surface area contributed by atoms with Gasteiger partial charge in [-0.15, -0.1) is 0 Å². The van der Waals surface area contributed by atoms with E-state index >= 15 is 0 Å². The van der Waals surface area contributed by atoms with E-state index < -0.39 is 8.07 Å². The van der Waals surface area contributed by atoms with E-state index in [2.05, 4.69) is 276 Å². The van der Waals surface area contributed by atoms with Gasteiger partial charge in [0.15, 0.2) is 8.07 Å². The highest BCUT2D eigenvalue weighted by Crippen LogP contribution is 2.43. The first-order chi connectivity index (χ1) is 34.3. The van der Waals surface area contributed by atoms with Crippen molar-refractivity contribution in [1.82, 2.24) is 9.13 Å². The highest BCUT2D eigenvalue weighted by atomic mass is 28.3. The first kappa shape index (κ1) is 39.4. The molecule has 14 aromatic rings. The molecule has 0 aliphatic heterocycles. The fraction of sp³-hybridized carbons (Fsp3) is 0. The van der Waals surface area contributed by atoms with Crippen molar-refractivity contribution in [2.75, 3.05) is 0 Å². The third-order valence-corrected chi connectivity index (χ3v) is 19.6. The molecule has 322 valence electrons. The van der Waals surface area contributed by atoms with E-state index in [4.69, 9.17) is 0 Å². The van der Waals surface area contributed by atoms with Gasteiger partial charge in [0.2, 0.25) is 0 Å². The van der Waals surface area contributed by atoms with Crippen molar-refractivity contribution in [1.29, 1.82) is 0 Å². The summed E-state index contributed by atoms with van der Waals surface area (Å²) in [5, 5.41) is 18.0. The van der Waals surface area contributed by atoms with Gasteiger partial charge in [-0.2, -0.15) is 0 Å². The first-order valence-corrected chi connectivity index (χ1v) is 25.9. The summed E-state index contributed by atoms with van der Waals surface area (Å²) in [6.45, 7) is 0. The fourth-order valence-electron chi connectivity index (χ4n) is 11.9. The molecular formula is C66H44N2Si. The van der Waals surface area contributed by atoms with Crippen LogP contribution in [0.4, 0.5) is 0 Å². The summed E-state index contributed by atoms with van der Waals surface area (Å²) < 4.78 is 4.92. The lowest BCUT2D eigenvalue weighted by atomic mass is 9.93. The molecule has 2 aromatic heterocycles. The maximum Gasteiger partial charge on any atom is 0.179 e. The molecule has 3 heteroatoms. The van der Waals surface area contributed by atoms with Gasteiger partial charge >= 0.3 is 0 Å². The van der Waals surface area contributed by atoms with E-state index in [0.717, 1.165) is 0 Å². The van der Waals surface area contributed by atoms with Crippen LogP contribution >= 0.6 is 0 Å². The standard InChI is InChI=1S/C66H44N2Si/c1-5-20-47(21-6-1)67-61-33-17-15-30-55(61)58-42-45(36-40-63(58)67)46-37-41-64-59(43-46)56-31-16-18-34-62(56)68(64)65-35-19-32-57-53-29-14-13-28-52(53)54-39-38-51(44-60(54)66(57)65)69(48-22-7-2-8-23-48,49-24-9-3-10-25-49)50-26-11-4-12-27-50/h1-44H. The molecule has 0 saturated carbocycles. The topological polar surface area (TPSA) is 9.86 Å². The second kappa shape index (κ2) is 15.7. The Morgan fingerprint density at radius 3 is 1.22 bits per heavy atom. The molecule has 0 bridgehead atoms. The van der Waals surface area contributed by atoms with Gasteiger partial charge in [0, 0.05) is 32.6 Å². The smallest absolute Gasteiger partial charge is 0.179 e. The van der Waals surface area contributed by atoms with Gasteiger partial charge in [-0.3, -0.25) is 0 Å². The molecule has 2 heterocycles. The van der Waals surface area contributed by atoms with Gasteiger partial charge in [0.05, 0.1) is 27.8 Å². The summed E-state index contributed by atoms with van der Waals surface area (Å²) in [4.78, 5) is 0. The molecule has 0 saturated heterocycles. The molecule has 0 spiro atoms. The number of nitrogens with zero attached hydrogens (tertiary/aromatic N) is 2. The summed E-state index contributed by atoms with van der Waals surface area (Å²) in [6.07, 6.45) is 0. The van der Waals surface area contributed by atoms with Crippen molar-refractivity contribution in [2.45, 2.75) is 0 Å². The lowest BCUT2D eigenvalue weighted by Gasteiger charge is -2.34. The lowest BCUT2D eigenvalue weighted by molar-refractivity contribution is 1.18. The van der Waals surface area contributed by atoms with Gasteiger partial charge in [-0.05, 0) is 113 Å². The number of benzene rings is 12. The summed E-state index contributed by atoms with van der Waals surface area (Å²) in [5.41, 5.74) is 9.55. The number of hydrogen-bond acceptors (Lipinski definition) is 0. The molecule has 69 heavy (non-hydrogen) atoms. The molecular weight excluding hydrogens is 849 g/mol. The molecule has 12 aromatic carbocycles. The van der Waals surface area contributed by atoms with Crippen LogP contribution in [0, 0.1) is 0 Å². The number of rotatable bonds is 7. The largest absolute Gasteiger partial charge is 0.309 e. The molecule has 0 fully saturated rings. The van der Waals surface area contributed by atoms with E-state index in [1.54, 1.807) is 0 Å². The Morgan fingerprint density at radius 1 is 0.232 bits per heavy atom. The van der Waals surface area contributed by atoms with Crippen LogP contribution in [0.3, 0.4) is 0 Å². The van der Waals surface area contributed by atoms with Crippen LogP contribution in [0.25, 0.3) is 98.4 Å². The Hall–Kier alpha value is -8.76. The van der Waals surface area contributed by atoms with Crippen molar-refractivity contribution in [3.63, 3.8) is 0 Å². The van der Waals surface area contributed by atoms with Crippen LogP contribution in [0.5, 0.6) is 0 Å². The van der Waals surface area contributed by atoms with Crippen LogP contribution in [0.1, 0.15) is 0 Å². The number of aromatic nitrogens is 2. The van der Waals surface area contributed by atoms with E-state index in [-0.39, 0.29) is 0 Å². The van der Waals surface area contributed by atoms with Gasteiger partial charge in [0.25, 0.3) is 0 Å². The zero-order chi connectivity index (χ0) is 45.5. The molecule has 0 N–H and O–H groups in total. The van der Waals surface area contributed by atoms with E-state index in [9.17, 15) is 0 Å². The van der Waals surface area contributed by atoms with Gasteiger partial charge < -0.3 is 9.13 Å². The van der Waals surface area contributed by atoms with Crippen molar-refractivity contribution < 1.29 is 0 Å². The first-order valence-electron chi connectivity index (χ1n) is 23.9. The molecule has 0 aliphatic rings. The van der Waals surface area contributed by atoms with Crippen LogP contribution in [-0.2, 0) is 0 Å². The Labute approximate surface area is 401 Å². The van der Waals surface area contributed by atoms with Crippen molar-refractivity contribution in [2.24, 2.45) is 0 Å². The van der Waals surface area contributed by atoms with Gasteiger partial charge in [-0.1, -0.05) is 212 Å². The van der Waals surface area contributed by atoms with Gasteiger partial charge in [0.1, 0.15) is 0 Å². The maximum atomic E-state index is 2.57. The van der Waals surface area contributed by atoms with E-state index in [0.29, 0.717) is 0 Å². The van der Waals surface area contributed by atoms with Gasteiger partial charge in [-0.25, -0.2) is 0 Å². The summed E-state index contributed by atoms with van der Waals surface area (Å²) >= 11 is 0. The molecule has 0 aliphatic carbocycles. The third kappa shape index (κ3) is 5.91. The van der Waals surface area contributed by atoms with E-state index in [1.807, 2.05) is 0 Å². The number of hydrogen-bond donors (Lipinski definition) is 0. The maximum absolute atomic E-state index is 2.84.